The third-order valence-corrected chi connectivity index (χ3v) is 11.4. The van der Waals surface area contributed by atoms with Crippen LogP contribution in [-0.2, 0) is 31.5 Å². The van der Waals surface area contributed by atoms with Gasteiger partial charge in [0.25, 0.3) is 0 Å². The maximum atomic E-state index is 9.20. The molecule has 0 bridgehead atoms. The van der Waals surface area contributed by atoms with E-state index in [1.54, 1.807) is 0 Å². The molecule has 0 amide bonds. The summed E-state index contributed by atoms with van der Waals surface area (Å²) in [4.78, 5) is 0. The smallest absolute Gasteiger partial charge is 0.423 e. The third kappa shape index (κ3) is 30.0. The van der Waals surface area contributed by atoms with Gasteiger partial charge in [-0.1, -0.05) is 116 Å². The summed E-state index contributed by atoms with van der Waals surface area (Å²) in [5.41, 5.74) is 2.86. The molecule has 11 heteroatoms. The zero-order valence-electron chi connectivity index (χ0n) is 39.8. The number of rotatable bonds is 22. The van der Waals surface area contributed by atoms with E-state index in [-0.39, 0.29) is 37.2 Å². The fourth-order valence-corrected chi connectivity index (χ4v) is 7.75. The Morgan fingerprint density at radius 1 is 0.617 bits per heavy atom. The van der Waals surface area contributed by atoms with Gasteiger partial charge in [-0.2, -0.15) is 6.42 Å². The summed E-state index contributed by atoms with van der Waals surface area (Å²) in [5.74, 6) is 0. The van der Waals surface area contributed by atoms with Crippen molar-refractivity contribution in [2.75, 3.05) is 13.2 Å². The zero-order chi connectivity index (χ0) is 43.7. The molecule has 1 aliphatic heterocycles. The Bertz CT molecular complexity index is 1510. The number of fused-ring (bicyclic) bond motifs is 2. The normalized spacial score (nSPS) is 11.9. The molecule has 1 fully saturated rings. The zero-order valence-corrected chi connectivity index (χ0v) is 41.4. The molecule has 2 aromatic carbocycles. The molecule has 4 aromatic rings. The van der Waals surface area contributed by atoms with Crippen molar-refractivity contribution in [2.45, 2.75) is 196 Å². The van der Waals surface area contributed by atoms with E-state index in [0.717, 1.165) is 36.1 Å². The van der Waals surface area contributed by atoms with Crippen molar-refractivity contribution < 1.29 is 47.6 Å². The Morgan fingerprint density at radius 3 is 1.48 bits per heavy atom. The molecule has 60 heavy (non-hydrogen) atoms. The van der Waals surface area contributed by atoms with Gasteiger partial charge >= 0.3 is 33.3 Å². The minimum absolute atomic E-state index is 0. The van der Waals surface area contributed by atoms with Gasteiger partial charge in [0.1, 0.15) is 0 Å². The van der Waals surface area contributed by atoms with Crippen LogP contribution in [0.5, 0.6) is 0 Å². The topological polar surface area (TPSA) is 77.4 Å². The number of thiophene rings is 2. The SMILES string of the molecule is C1CCOC1.CC(C)OB(OC(C)C)OC(C)C.CCCCCCCCc1ccc2sc(B(O)O)cc2c1.CCCCCCCCc1ccc2sccc2c1.[CH2-]CCC.[Li+]. The van der Waals surface area contributed by atoms with Crippen molar-refractivity contribution in [3.05, 3.63) is 72.0 Å². The maximum absolute atomic E-state index is 9.20. The van der Waals surface area contributed by atoms with Gasteiger partial charge in [0.05, 0.1) is 0 Å². The number of ether oxygens (including phenoxy) is 1. The van der Waals surface area contributed by atoms with Crippen molar-refractivity contribution in [2.24, 2.45) is 0 Å². The van der Waals surface area contributed by atoms with Crippen molar-refractivity contribution >= 4 is 62.1 Å². The minimum Gasteiger partial charge on any atom is -0.423 e. The molecule has 3 heterocycles. The van der Waals surface area contributed by atoms with Crippen LogP contribution in [0.1, 0.15) is 176 Å². The Labute approximate surface area is 388 Å². The van der Waals surface area contributed by atoms with Gasteiger partial charge in [0.2, 0.25) is 0 Å². The van der Waals surface area contributed by atoms with Gasteiger partial charge in [-0.05, 0) is 132 Å². The van der Waals surface area contributed by atoms with Crippen LogP contribution in [0.15, 0.2) is 53.9 Å². The van der Waals surface area contributed by atoms with Crippen LogP contribution in [0.2, 0.25) is 0 Å². The molecule has 0 aliphatic carbocycles. The van der Waals surface area contributed by atoms with E-state index in [0.29, 0.717) is 4.78 Å². The summed E-state index contributed by atoms with van der Waals surface area (Å²) >= 11 is 3.28. The summed E-state index contributed by atoms with van der Waals surface area (Å²) in [6.45, 7) is 24.0. The van der Waals surface area contributed by atoms with E-state index in [1.807, 2.05) is 58.9 Å². The largest absolute Gasteiger partial charge is 1.00 e. The Balaban J connectivity index is 0.000000793. The summed E-state index contributed by atoms with van der Waals surface area (Å²) in [6.07, 6.45) is 23.8. The van der Waals surface area contributed by atoms with Crippen LogP contribution >= 0.6 is 22.7 Å². The summed E-state index contributed by atoms with van der Waals surface area (Å²) < 4.78 is 24.4. The quantitative estimate of drug-likeness (QED) is 0.0466. The third-order valence-electron chi connectivity index (χ3n) is 9.34. The maximum Gasteiger partial charge on any atom is 1.00 e. The second-order valence-electron chi connectivity index (χ2n) is 16.2. The average molecular weight is 861 g/mol. The monoisotopic (exact) mass is 861 g/mol. The van der Waals surface area contributed by atoms with Gasteiger partial charge in [0.15, 0.2) is 0 Å². The molecular formula is C49H83B2LiO6S2. The predicted molar refractivity (Wildman–Crippen MR) is 262 cm³/mol. The second-order valence-corrected chi connectivity index (χ2v) is 18.3. The summed E-state index contributed by atoms with van der Waals surface area (Å²) in [5, 5.41) is 23.1. The summed E-state index contributed by atoms with van der Waals surface area (Å²) in [6, 6.07) is 17.5. The minimum atomic E-state index is -1.35. The Hall–Kier alpha value is -1.15. The average Bonchev–Trinajstić information content (AvgIpc) is 4.01. The number of unbranched alkanes of at least 4 members (excludes halogenated alkanes) is 11. The van der Waals surface area contributed by atoms with E-state index in [2.05, 4.69) is 75.5 Å². The molecule has 0 atom stereocenters. The fraction of sp³-hybridized carbons (Fsp3) is 0.653. The number of benzene rings is 2. The Kier molecular flexibility index (Phi) is 37.6. The molecule has 1 saturated heterocycles. The Morgan fingerprint density at radius 2 is 1.07 bits per heavy atom. The molecule has 5 rings (SSSR count). The van der Waals surface area contributed by atoms with Gasteiger partial charge in [-0.25, -0.2) is 0 Å². The predicted octanol–water partition coefficient (Wildman–Crippen LogP) is 11.0. The van der Waals surface area contributed by atoms with Crippen molar-refractivity contribution in [1.29, 1.82) is 0 Å². The summed E-state index contributed by atoms with van der Waals surface area (Å²) in [7, 11) is -1.89. The van der Waals surface area contributed by atoms with Crippen LogP contribution in [0.3, 0.4) is 0 Å². The number of aryl methyl sites for hydroxylation is 2. The molecule has 6 nitrogen and oxygen atoms in total. The molecule has 2 aromatic heterocycles. The van der Waals surface area contributed by atoms with Crippen LogP contribution < -0.4 is 23.6 Å². The molecule has 2 N–H and O–H groups in total. The van der Waals surface area contributed by atoms with Crippen molar-refractivity contribution in [3.63, 3.8) is 0 Å². The van der Waals surface area contributed by atoms with Gasteiger partial charge in [0, 0.05) is 45.7 Å². The molecule has 0 unspecified atom stereocenters. The standard InChI is InChI=1S/C16H23BO2S.C16H22S.C9H21BO3.C4H8O.C4H9.Li/c1-2-3-4-5-6-7-8-13-9-10-15-14(11-13)12-16(20-15)17(18)19;1-2-3-4-5-6-7-8-14-9-10-16-15(13-14)11-12-17-16;1-7(2)11-10(12-8(3)4)13-9(5)6;1-2-4-5-3-1;1-3-4-2;/h9-12,18-19H,2-8H2,1H3;9-13H,2-8H2,1H3;7-9H,1-6H3;1-4H2;1,3-4H2,2H3;/q;;;;-1;+1. The van der Waals surface area contributed by atoms with Gasteiger partial charge in [-0.3, -0.25) is 0 Å². The van der Waals surface area contributed by atoms with Gasteiger partial charge in [-0.15, -0.1) is 22.7 Å². The molecule has 1 aliphatic rings. The first-order valence-electron chi connectivity index (χ1n) is 23.1. The van der Waals surface area contributed by atoms with Crippen LogP contribution in [0.25, 0.3) is 20.2 Å². The first-order valence-corrected chi connectivity index (χ1v) is 24.8. The number of hydrogen-bond acceptors (Lipinski definition) is 8. The van der Waals surface area contributed by atoms with Crippen LogP contribution in [0.4, 0.5) is 0 Å². The van der Waals surface area contributed by atoms with E-state index in [4.69, 9.17) is 18.7 Å². The van der Waals surface area contributed by atoms with Crippen molar-refractivity contribution in [3.8, 4) is 0 Å². The first kappa shape index (κ1) is 58.8. The molecular weight excluding hydrogens is 777 g/mol. The van der Waals surface area contributed by atoms with E-state index in [9.17, 15) is 10.0 Å². The molecule has 334 valence electrons. The van der Waals surface area contributed by atoms with Crippen LogP contribution in [0, 0.1) is 6.92 Å². The molecule has 0 saturated carbocycles. The second kappa shape index (κ2) is 38.3. The fourth-order valence-electron chi connectivity index (χ4n) is 6.06. The first-order chi connectivity index (χ1) is 28.4. The van der Waals surface area contributed by atoms with Crippen molar-refractivity contribution in [1.82, 2.24) is 0 Å². The van der Waals surface area contributed by atoms with E-state index in [1.165, 1.54) is 135 Å². The molecule has 0 radical (unpaired) electrons. The van der Waals surface area contributed by atoms with Crippen LogP contribution in [-0.4, -0.2) is 56.0 Å². The molecule has 0 spiro atoms. The van der Waals surface area contributed by atoms with E-state index < -0.39 is 14.4 Å². The number of hydrogen-bond donors (Lipinski definition) is 2. The van der Waals surface area contributed by atoms with E-state index >= 15 is 0 Å². The van der Waals surface area contributed by atoms with Gasteiger partial charge < -0.3 is 35.7 Å².